The molecule has 17 heavy (non-hydrogen) atoms. The van der Waals surface area contributed by atoms with Crippen molar-refractivity contribution in [1.82, 2.24) is 4.98 Å². The van der Waals surface area contributed by atoms with Crippen LogP contribution in [0.15, 0.2) is 27.6 Å². The maximum Gasteiger partial charge on any atom is 0.301 e. The molecule has 0 aromatic carbocycles. The number of nitrogens with zero attached hydrogens (tertiary/aromatic N) is 2. The molecule has 0 spiro atoms. The van der Waals surface area contributed by atoms with Crippen LogP contribution in [-0.4, -0.2) is 24.1 Å². The van der Waals surface area contributed by atoms with Crippen molar-refractivity contribution < 1.29 is 18.0 Å². The quantitative estimate of drug-likeness (QED) is 0.453. The standard InChI is InChI=1S/C9H9F3N2OS2/c1-15-14-5-6-4-13-9(17-6)16-3-2-7(10)8(11)12/h4-5H,2-3H2,1H3. The van der Waals surface area contributed by atoms with E-state index in [1.54, 1.807) is 6.20 Å². The summed E-state index contributed by atoms with van der Waals surface area (Å²) in [5, 5.41) is 3.56. The Hall–Kier alpha value is -1.02. The van der Waals surface area contributed by atoms with Crippen LogP contribution in [0.5, 0.6) is 0 Å². The van der Waals surface area contributed by atoms with Crippen molar-refractivity contribution in [1.29, 1.82) is 0 Å². The molecule has 0 radical (unpaired) electrons. The minimum atomic E-state index is -2.25. The molecule has 0 atom stereocenters. The molecule has 0 aliphatic heterocycles. The van der Waals surface area contributed by atoms with Gasteiger partial charge in [0.15, 0.2) is 5.83 Å². The highest BCUT2D eigenvalue weighted by Gasteiger charge is 2.06. The van der Waals surface area contributed by atoms with E-state index in [2.05, 4.69) is 15.0 Å². The maximum absolute atomic E-state index is 12.5. The lowest BCUT2D eigenvalue weighted by atomic mass is 10.4. The Morgan fingerprint density at radius 1 is 1.59 bits per heavy atom. The zero-order chi connectivity index (χ0) is 12.7. The number of thioether (sulfide) groups is 1. The summed E-state index contributed by atoms with van der Waals surface area (Å²) < 4.78 is 36.6. The highest BCUT2D eigenvalue weighted by Crippen LogP contribution is 2.26. The van der Waals surface area contributed by atoms with E-state index in [0.29, 0.717) is 4.34 Å². The van der Waals surface area contributed by atoms with Gasteiger partial charge >= 0.3 is 6.08 Å². The second kappa shape index (κ2) is 7.33. The van der Waals surface area contributed by atoms with Gasteiger partial charge in [0, 0.05) is 18.4 Å². The number of hydrogen-bond donors (Lipinski definition) is 0. The lowest BCUT2D eigenvalue weighted by Gasteiger charge is -1.94. The van der Waals surface area contributed by atoms with Crippen LogP contribution in [0, 0.1) is 0 Å². The van der Waals surface area contributed by atoms with E-state index in [1.165, 1.54) is 36.4 Å². The van der Waals surface area contributed by atoms with Crippen molar-refractivity contribution >= 4 is 29.3 Å². The fraction of sp³-hybridized carbons (Fsp3) is 0.333. The van der Waals surface area contributed by atoms with Gasteiger partial charge < -0.3 is 4.84 Å². The third-order valence-corrected chi connectivity index (χ3v) is 3.63. The number of thiazole rings is 1. The largest absolute Gasteiger partial charge is 0.399 e. The monoisotopic (exact) mass is 282 g/mol. The Morgan fingerprint density at radius 3 is 3.00 bits per heavy atom. The summed E-state index contributed by atoms with van der Waals surface area (Å²) >= 11 is 2.55. The first-order valence-corrected chi connectivity index (χ1v) is 6.28. The van der Waals surface area contributed by atoms with Gasteiger partial charge in [-0.25, -0.2) is 9.37 Å². The van der Waals surface area contributed by atoms with Crippen LogP contribution in [0.4, 0.5) is 13.2 Å². The van der Waals surface area contributed by atoms with Crippen LogP contribution < -0.4 is 0 Å². The van der Waals surface area contributed by atoms with E-state index in [9.17, 15) is 13.2 Å². The first-order valence-electron chi connectivity index (χ1n) is 4.48. The van der Waals surface area contributed by atoms with E-state index in [1.807, 2.05) is 0 Å². The van der Waals surface area contributed by atoms with E-state index in [-0.39, 0.29) is 12.2 Å². The molecule has 0 unspecified atom stereocenters. The predicted molar refractivity (Wildman–Crippen MR) is 62.4 cm³/mol. The van der Waals surface area contributed by atoms with Crippen LogP contribution in [0.3, 0.4) is 0 Å². The van der Waals surface area contributed by atoms with Crippen LogP contribution in [0.1, 0.15) is 11.3 Å². The van der Waals surface area contributed by atoms with Gasteiger partial charge in [0.1, 0.15) is 11.4 Å². The van der Waals surface area contributed by atoms with Gasteiger partial charge in [-0.15, -0.1) is 11.3 Å². The van der Waals surface area contributed by atoms with Crippen molar-refractivity contribution in [3.05, 3.63) is 23.0 Å². The highest BCUT2D eigenvalue weighted by atomic mass is 32.2. The molecule has 0 amide bonds. The lowest BCUT2D eigenvalue weighted by Crippen LogP contribution is -1.81. The second-order valence-electron chi connectivity index (χ2n) is 2.71. The SMILES string of the molecule is CON=Cc1cnc(SCCC(F)=C(F)F)s1. The molecule has 1 heterocycles. The molecule has 8 heteroatoms. The molecule has 0 aliphatic carbocycles. The lowest BCUT2D eigenvalue weighted by molar-refractivity contribution is 0.215. The van der Waals surface area contributed by atoms with Crippen LogP contribution in [0.25, 0.3) is 0 Å². The molecule has 1 aromatic heterocycles. The van der Waals surface area contributed by atoms with Gasteiger partial charge in [0.05, 0.1) is 11.1 Å². The van der Waals surface area contributed by atoms with Crippen LogP contribution >= 0.6 is 23.1 Å². The molecule has 0 saturated carbocycles. The third kappa shape index (κ3) is 5.22. The first kappa shape index (κ1) is 14.0. The average Bonchev–Trinajstić information content (AvgIpc) is 2.74. The van der Waals surface area contributed by atoms with Crippen LogP contribution in [0.2, 0.25) is 0 Å². The fourth-order valence-corrected chi connectivity index (χ4v) is 2.69. The summed E-state index contributed by atoms with van der Waals surface area (Å²) in [6.45, 7) is 0. The normalized spacial score (nSPS) is 10.8. The van der Waals surface area contributed by atoms with Crippen molar-refractivity contribution in [2.75, 3.05) is 12.9 Å². The Bertz CT molecular complexity index is 416. The van der Waals surface area contributed by atoms with Gasteiger partial charge in [-0.05, 0) is 0 Å². The number of oxime groups is 1. The Morgan fingerprint density at radius 2 is 2.35 bits per heavy atom. The molecule has 0 fully saturated rings. The molecule has 0 bridgehead atoms. The minimum absolute atomic E-state index is 0.220. The zero-order valence-electron chi connectivity index (χ0n) is 8.82. The Labute approximate surface area is 104 Å². The van der Waals surface area contributed by atoms with Gasteiger partial charge in [0.25, 0.3) is 0 Å². The third-order valence-electron chi connectivity index (χ3n) is 1.54. The van der Waals surface area contributed by atoms with Gasteiger partial charge in [-0.3, -0.25) is 0 Å². The number of hydrogen-bond acceptors (Lipinski definition) is 5. The highest BCUT2D eigenvalue weighted by molar-refractivity contribution is 8.01. The molecular weight excluding hydrogens is 273 g/mol. The summed E-state index contributed by atoms with van der Waals surface area (Å²) in [4.78, 5) is 9.30. The van der Waals surface area contributed by atoms with E-state index in [4.69, 9.17) is 0 Å². The van der Waals surface area contributed by atoms with Gasteiger partial charge in [-0.1, -0.05) is 16.9 Å². The van der Waals surface area contributed by atoms with Gasteiger partial charge in [0.2, 0.25) is 0 Å². The summed E-state index contributed by atoms with van der Waals surface area (Å²) in [7, 11) is 1.42. The topological polar surface area (TPSA) is 34.5 Å². The maximum atomic E-state index is 12.5. The Kier molecular flexibility index (Phi) is 6.06. The number of rotatable bonds is 6. The van der Waals surface area contributed by atoms with Crippen LogP contribution in [-0.2, 0) is 4.84 Å². The molecule has 1 rings (SSSR count). The minimum Gasteiger partial charge on any atom is -0.399 e. The summed E-state index contributed by atoms with van der Waals surface area (Å²) in [6.07, 6.45) is 0.521. The predicted octanol–water partition coefficient (Wildman–Crippen LogP) is 3.68. The molecule has 3 nitrogen and oxygen atoms in total. The summed E-state index contributed by atoms with van der Waals surface area (Å²) in [5.41, 5.74) is 0. The number of aromatic nitrogens is 1. The molecular formula is C9H9F3N2OS2. The molecule has 0 saturated heterocycles. The number of allylic oxidation sites excluding steroid dienone is 1. The fourth-order valence-electron chi connectivity index (χ4n) is 0.823. The van der Waals surface area contributed by atoms with E-state index in [0.717, 1.165) is 4.88 Å². The molecule has 0 aliphatic rings. The van der Waals surface area contributed by atoms with E-state index >= 15 is 0 Å². The Balaban J connectivity index is 2.40. The van der Waals surface area contributed by atoms with Crippen molar-refractivity contribution in [3.8, 4) is 0 Å². The summed E-state index contributed by atoms with van der Waals surface area (Å²) in [5.74, 6) is -1.15. The number of halogens is 3. The summed E-state index contributed by atoms with van der Waals surface area (Å²) in [6, 6.07) is 0. The first-order chi connectivity index (χ1) is 8.13. The smallest absolute Gasteiger partial charge is 0.301 e. The molecule has 0 N–H and O–H groups in total. The van der Waals surface area contributed by atoms with E-state index < -0.39 is 11.9 Å². The average molecular weight is 282 g/mol. The molecule has 1 aromatic rings. The van der Waals surface area contributed by atoms with Crippen molar-refractivity contribution in [2.24, 2.45) is 5.16 Å². The molecule has 94 valence electrons. The zero-order valence-corrected chi connectivity index (χ0v) is 10.5. The van der Waals surface area contributed by atoms with Gasteiger partial charge in [-0.2, -0.15) is 8.78 Å². The van der Waals surface area contributed by atoms with Crippen molar-refractivity contribution in [2.45, 2.75) is 10.8 Å². The van der Waals surface area contributed by atoms with Crippen molar-refractivity contribution in [3.63, 3.8) is 0 Å². The second-order valence-corrected chi connectivity index (χ2v) is 5.11.